The number of amides is 1. The number of hydrogen-bond donors (Lipinski definition) is 2. The maximum Gasteiger partial charge on any atom is 0.408 e. The lowest BCUT2D eigenvalue weighted by Gasteiger charge is -2.21. The van der Waals surface area contributed by atoms with Gasteiger partial charge in [0.25, 0.3) is 0 Å². The summed E-state index contributed by atoms with van der Waals surface area (Å²) in [6.45, 7) is 5.00. The Morgan fingerprint density at radius 3 is 2.48 bits per heavy atom. The Labute approximate surface area is 139 Å². The molecular formula is C15H19ClN2O5. The van der Waals surface area contributed by atoms with Crippen LogP contribution in [0.25, 0.3) is 0 Å². The minimum absolute atomic E-state index is 0.0594. The van der Waals surface area contributed by atoms with Crippen LogP contribution in [0.2, 0.25) is 5.15 Å². The molecule has 0 aromatic carbocycles. The number of aliphatic carboxylic acids is 1. The molecule has 126 valence electrons. The van der Waals surface area contributed by atoms with Crippen molar-refractivity contribution in [3.63, 3.8) is 0 Å². The van der Waals surface area contributed by atoms with E-state index in [1.54, 1.807) is 20.8 Å². The molecule has 0 radical (unpaired) electrons. The highest BCUT2D eigenvalue weighted by atomic mass is 35.5. The number of aromatic nitrogens is 1. The summed E-state index contributed by atoms with van der Waals surface area (Å²) in [5, 5.41) is 11.6. The number of carbonyl (C=O) groups is 3. The van der Waals surface area contributed by atoms with Gasteiger partial charge in [-0.15, -0.1) is 0 Å². The number of nitrogens with zero attached hydrogens (tertiary/aromatic N) is 1. The van der Waals surface area contributed by atoms with Gasteiger partial charge in [0, 0.05) is 18.2 Å². The van der Waals surface area contributed by atoms with E-state index in [1.807, 2.05) is 0 Å². The maximum absolute atomic E-state index is 12.0. The minimum Gasteiger partial charge on any atom is -0.480 e. The third kappa shape index (κ3) is 7.10. The third-order valence-electron chi connectivity index (χ3n) is 2.70. The lowest BCUT2D eigenvalue weighted by molar-refractivity contribution is -0.139. The number of halogens is 1. The molecule has 1 amide bonds. The molecule has 1 unspecified atom stereocenters. The van der Waals surface area contributed by atoms with E-state index >= 15 is 0 Å². The van der Waals surface area contributed by atoms with Crippen molar-refractivity contribution in [1.29, 1.82) is 0 Å². The number of pyridine rings is 1. The SMILES string of the molecule is CC(C)(C)OC(=O)NC(CCC(=O)c1ccc(Cl)nc1)C(=O)O. The second kappa shape index (κ2) is 7.92. The molecule has 1 heterocycles. The van der Waals surface area contributed by atoms with Crippen LogP contribution in [-0.4, -0.2) is 39.6 Å². The Bertz CT molecular complexity index is 581. The van der Waals surface area contributed by atoms with Gasteiger partial charge in [-0.05, 0) is 39.3 Å². The second-order valence-electron chi connectivity index (χ2n) is 5.87. The molecule has 7 nitrogen and oxygen atoms in total. The summed E-state index contributed by atoms with van der Waals surface area (Å²) in [5.41, 5.74) is -0.409. The van der Waals surface area contributed by atoms with Crippen LogP contribution < -0.4 is 5.32 Å². The van der Waals surface area contributed by atoms with E-state index in [0.717, 1.165) is 0 Å². The van der Waals surface area contributed by atoms with Gasteiger partial charge < -0.3 is 15.2 Å². The van der Waals surface area contributed by atoms with E-state index in [4.69, 9.17) is 21.4 Å². The van der Waals surface area contributed by atoms with Gasteiger partial charge in [-0.1, -0.05) is 11.6 Å². The van der Waals surface area contributed by atoms with Crippen LogP contribution in [-0.2, 0) is 9.53 Å². The summed E-state index contributed by atoms with van der Waals surface area (Å²) in [7, 11) is 0. The minimum atomic E-state index is -1.24. The van der Waals surface area contributed by atoms with E-state index in [1.165, 1.54) is 18.3 Å². The van der Waals surface area contributed by atoms with Gasteiger partial charge in [0.15, 0.2) is 5.78 Å². The van der Waals surface area contributed by atoms with Gasteiger partial charge in [-0.25, -0.2) is 14.6 Å². The fourth-order valence-electron chi connectivity index (χ4n) is 1.67. The van der Waals surface area contributed by atoms with E-state index in [0.29, 0.717) is 5.56 Å². The van der Waals surface area contributed by atoms with Crippen molar-refractivity contribution in [2.75, 3.05) is 0 Å². The molecular weight excluding hydrogens is 324 g/mol. The molecule has 0 bridgehead atoms. The average molecular weight is 343 g/mol. The highest BCUT2D eigenvalue weighted by Gasteiger charge is 2.24. The molecule has 0 saturated heterocycles. The molecule has 0 saturated carbocycles. The number of ketones is 1. The Hall–Kier alpha value is -2.15. The number of carboxylic acids is 1. The quantitative estimate of drug-likeness (QED) is 0.608. The lowest BCUT2D eigenvalue weighted by atomic mass is 10.0. The highest BCUT2D eigenvalue weighted by molar-refractivity contribution is 6.29. The van der Waals surface area contributed by atoms with Crippen LogP contribution in [0.1, 0.15) is 44.0 Å². The summed E-state index contributed by atoms with van der Waals surface area (Å²) in [4.78, 5) is 38.6. The second-order valence-corrected chi connectivity index (χ2v) is 6.26. The average Bonchev–Trinajstić information content (AvgIpc) is 2.41. The molecule has 0 spiro atoms. The summed E-state index contributed by atoms with van der Waals surface area (Å²) in [6.07, 6.45) is 0.360. The Kier molecular flexibility index (Phi) is 6.50. The zero-order valence-electron chi connectivity index (χ0n) is 13.1. The summed E-state index contributed by atoms with van der Waals surface area (Å²) in [5.74, 6) is -1.52. The molecule has 0 aliphatic heterocycles. The molecule has 0 aliphatic rings. The van der Waals surface area contributed by atoms with Crippen molar-refractivity contribution in [2.45, 2.75) is 45.3 Å². The number of alkyl carbamates (subject to hydrolysis) is 1. The zero-order valence-corrected chi connectivity index (χ0v) is 13.9. The number of carbonyl (C=O) groups excluding carboxylic acids is 2. The van der Waals surface area contributed by atoms with Gasteiger partial charge in [-0.2, -0.15) is 0 Å². The normalized spacial score (nSPS) is 12.3. The van der Waals surface area contributed by atoms with Crippen molar-refractivity contribution < 1.29 is 24.2 Å². The lowest BCUT2D eigenvalue weighted by Crippen LogP contribution is -2.43. The third-order valence-corrected chi connectivity index (χ3v) is 2.92. The van der Waals surface area contributed by atoms with E-state index in [9.17, 15) is 14.4 Å². The van der Waals surface area contributed by atoms with Crippen LogP contribution in [0.15, 0.2) is 18.3 Å². The van der Waals surface area contributed by atoms with E-state index in [-0.39, 0.29) is 23.8 Å². The van der Waals surface area contributed by atoms with Crippen molar-refractivity contribution in [2.24, 2.45) is 0 Å². The number of carboxylic acid groups (broad SMARTS) is 1. The Balaban J connectivity index is 2.59. The first-order valence-electron chi connectivity index (χ1n) is 6.95. The first kappa shape index (κ1) is 18.9. The van der Waals surface area contributed by atoms with E-state index < -0.39 is 23.7 Å². The van der Waals surface area contributed by atoms with Gasteiger partial charge in [0.05, 0.1) is 0 Å². The fourth-order valence-corrected chi connectivity index (χ4v) is 1.78. The van der Waals surface area contributed by atoms with Crippen LogP contribution in [0.5, 0.6) is 0 Å². The maximum atomic E-state index is 12.0. The highest BCUT2D eigenvalue weighted by Crippen LogP contribution is 2.11. The number of nitrogens with one attached hydrogen (secondary N) is 1. The smallest absolute Gasteiger partial charge is 0.408 e. The Morgan fingerprint density at radius 1 is 1.35 bits per heavy atom. The van der Waals surface area contributed by atoms with Crippen LogP contribution >= 0.6 is 11.6 Å². The van der Waals surface area contributed by atoms with Crippen LogP contribution in [0.4, 0.5) is 4.79 Å². The van der Waals surface area contributed by atoms with Crippen LogP contribution in [0, 0.1) is 0 Å². The van der Waals surface area contributed by atoms with Gasteiger partial charge in [0.2, 0.25) is 0 Å². The Morgan fingerprint density at radius 2 is 2.00 bits per heavy atom. The summed E-state index contributed by atoms with van der Waals surface area (Å²) < 4.78 is 5.00. The van der Waals surface area contributed by atoms with E-state index in [2.05, 4.69) is 10.3 Å². The largest absolute Gasteiger partial charge is 0.480 e. The molecule has 2 N–H and O–H groups in total. The summed E-state index contributed by atoms with van der Waals surface area (Å²) >= 11 is 5.63. The van der Waals surface area contributed by atoms with Gasteiger partial charge in [-0.3, -0.25) is 4.79 Å². The predicted molar refractivity (Wildman–Crippen MR) is 83.6 cm³/mol. The van der Waals surface area contributed by atoms with Crippen molar-refractivity contribution >= 4 is 29.4 Å². The molecule has 1 aromatic rings. The van der Waals surface area contributed by atoms with Crippen molar-refractivity contribution in [1.82, 2.24) is 10.3 Å². The van der Waals surface area contributed by atoms with Gasteiger partial charge >= 0.3 is 12.1 Å². The monoisotopic (exact) mass is 342 g/mol. The molecule has 1 aromatic heterocycles. The first-order valence-corrected chi connectivity index (χ1v) is 7.33. The molecule has 1 atom stereocenters. The molecule has 0 fully saturated rings. The molecule has 1 rings (SSSR count). The topological polar surface area (TPSA) is 106 Å². The number of hydrogen-bond acceptors (Lipinski definition) is 5. The fraction of sp³-hybridized carbons (Fsp3) is 0.467. The molecule has 23 heavy (non-hydrogen) atoms. The molecule has 8 heteroatoms. The molecule has 0 aliphatic carbocycles. The first-order chi connectivity index (χ1) is 10.6. The number of rotatable bonds is 6. The van der Waals surface area contributed by atoms with Crippen molar-refractivity contribution in [3.8, 4) is 0 Å². The number of Topliss-reactive ketones (excluding diaryl/α,β-unsaturated/α-hetero) is 1. The predicted octanol–water partition coefficient (Wildman–Crippen LogP) is 2.68. The van der Waals surface area contributed by atoms with Crippen molar-refractivity contribution in [3.05, 3.63) is 29.0 Å². The zero-order chi connectivity index (χ0) is 17.6. The standard InChI is InChI=1S/C15H19ClN2O5/c1-15(2,3)23-14(22)18-10(13(20)21)5-6-11(19)9-4-7-12(16)17-8-9/h4,7-8,10H,5-6H2,1-3H3,(H,18,22)(H,20,21). The van der Waals surface area contributed by atoms with Crippen LogP contribution in [0.3, 0.4) is 0 Å². The number of ether oxygens (including phenoxy) is 1. The van der Waals surface area contributed by atoms with Gasteiger partial charge in [0.1, 0.15) is 16.8 Å². The summed E-state index contributed by atoms with van der Waals surface area (Å²) in [6, 6.07) is 1.77.